The first-order valence-electron chi connectivity index (χ1n) is 6.12. The lowest BCUT2D eigenvalue weighted by atomic mass is 9.70. The lowest BCUT2D eigenvalue weighted by Gasteiger charge is -2.49. The third-order valence-electron chi connectivity index (χ3n) is 3.88. The highest BCUT2D eigenvalue weighted by molar-refractivity contribution is 5.26. The summed E-state index contributed by atoms with van der Waals surface area (Å²) in [5, 5.41) is 10.5. The molecule has 3 atom stereocenters. The summed E-state index contributed by atoms with van der Waals surface area (Å²) in [5.41, 5.74) is -0.469. The number of hydrogen-bond acceptors (Lipinski definition) is 3. The molecule has 2 fully saturated rings. The van der Waals surface area contributed by atoms with Gasteiger partial charge in [0, 0.05) is 18.8 Å². The molecule has 3 rings (SSSR count). The van der Waals surface area contributed by atoms with Gasteiger partial charge in [-0.05, 0) is 37.0 Å². The largest absolute Gasteiger partial charge is 0.382 e. The summed E-state index contributed by atoms with van der Waals surface area (Å²) < 4.78 is 19.2. The Morgan fingerprint density at radius 2 is 2.06 bits per heavy atom. The fourth-order valence-electron chi connectivity index (χ4n) is 2.49. The minimum atomic E-state index is -1.17. The van der Waals surface area contributed by atoms with Crippen molar-refractivity contribution in [2.75, 3.05) is 0 Å². The number of pyridine rings is 1. The molecular weight excluding hydrogens is 221 g/mol. The van der Waals surface area contributed by atoms with Crippen LogP contribution in [0, 0.1) is 0 Å². The number of nitrogens with zero attached hydrogens (tertiary/aromatic N) is 1. The summed E-state index contributed by atoms with van der Waals surface area (Å²) in [6.07, 6.45) is 4.80. The molecule has 3 nitrogen and oxygen atoms in total. The third kappa shape index (κ3) is 1.76. The van der Waals surface area contributed by atoms with E-state index in [-0.39, 0.29) is 12.5 Å². The first kappa shape index (κ1) is 11.1. The summed E-state index contributed by atoms with van der Waals surface area (Å²) in [7, 11) is 0. The van der Waals surface area contributed by atoms with Gasteiger partial charge in [0.2, 0.25) is 0 Å². The van der Waals surface area contributed by atoms with Gasteiger partial charge in [0.05, 0.1) is 6.10 Å². The zero-order valence-corrected chi connectivity index (χ0v) is 9.55. The quantitative estimate of drug-likeness (QED) is 0.873. The standard InChI is InChI=1S/C13H16FNO2/c14-11-8-13(16,9-4-6-15-7-5-9)12(11)17-10-2-1-3-10/h4-7,10-12,16H,1-3,8H2. The van der Waals surface area contributed by atoms with E-state index in [1.807, 2.05) is 0 Å². The van der Waals surface area contributed by atoms with Crippen LogP contribution in [0.2, 0.25) is 0 Å². The molecular formula is C13H16FNO2. The van der Waals surface area contributed by atoms with Crippen LogP contribution >= 0.6 is 0 Å². The highest BCUT2D eigenvalue weighted by Crippen LogP contribution is 2.46. The molecule has 2 aliphatic carbocycles. The number of alkyl halides is 1. The molecule has 0 aliphatic heterocycles. The van der Waals surface area contributed by atoms with Gasteiger partial charge in [-0.15, -0.1) is 0 Å². The van der Waals surface area contributed by atoms with Crippen molar-refractivity contribution in [2.45, 2.75) is 49.7 Å². The van der Waals surface area contributed by atoms with Gasteiger partial charge in [-0.25, -0.2) is 4.39 Å². The van der Waals surface area contributed by atoms with Crippen molar-refractivity contribution in [3.8, 4) is 0 Å². The van der Waals surface area contributed by atoms with Crippen LogP contribution in [0.1, 0.15) is 31.2 Å². The van der Waals surface area contributed by atoms with Gasteiger partial charge in [-0.1, -0.05) is 0 Å². The summed E-state index contributed by atoms with van der Waals surface area (Å²) in [5.74, 6) is 0. The molecule has 1 heterocycles. The van der Waals surface area contributed by atoms with Crippen LogP contribution in [0.15, 0.2) is 24.5 Å². The number of rotatable bonds is 3. The molecule has 0 radical (unpaired) electrons. The molecule has 0 aromatic carbocycles. The van der Waals surface area contributed by atoms with Crippen LogP contribution in [0.5, 0.6) is 0 Å². The molecule has 1 aromatic heterocycles. The Balaban J connectivity index is 1.77. The summed E-state index contributed by atoms with van der Waals surface area (Å²) in [4.78, 5) is 3.90. The van der Waals surface area contributed by atoms with Gasteiger partial charge >= 0.3 is 0 Å². The molecule has 2 aliphatic rings. The van der Waals surface area contributed by atoms with Gasteiger partial charge in [-0.2, -0.15) is 0 Å². The molecule has 0 amide bonds. The normalized spacial score (nSPS) is 37.3. The van der Waals surface area contributed by atoms with Crippen LogP contribution < -0.4 is 0 Å². The Labute approximate surface area is 99.6 Å². The number of aliphatic hydroxyl groups is 1. The first-order valence-corrected chi connectivity index (χ1v) is 6.12. The van der Waals surface area contributed by atoms with E-state index in [2.05, 4.69) is 4.98 Å². The zero-order valence-electron chi connectivity index (χ0n) is 9.55. The molecule has 3 unspecified atom stereocenters. The monoisotopic (exact) mass is 237 g/mol. The summed E-state index contributed by atoms with van der Waals surface area (Å²) >= 11 is 0. The van der Waals surface area contributed by atoms with Crippen molar-refractivity contribution in [1.29, 1.82) is 0 Å². The molecule has 0 spiro atoms. The number of hydrogen-bond donors (Lipinski definition) is 1. The van der Waals surface area contributed by atoms with E-state index in [1.165, 1.54) is 0 Å². The average molecular weight is 237 g/mol. The molecule has 1 N–H and O–H groups in total. The Kier molecular flexibility index (Phi) is 2.64. The Morgan fingerprint density at radius 1 is 1.35 bits per heavy atom. The molecule has 17 heavy (non-hydrogen) atoms. The first-order chi connectivity index (χ1) is 8.20. The van der Waals surface area contributed by atoms with E-state index < -0.39 is 17.9 Å². The van der Waals surface area contributed by atoms with Crippen molar-refractivity contribution in [3.05, 3.63) is 30.1 Å². The van der Waals surface area contributed by atoms with E-state index >= 15 is 0 Å². The van der Waals surface area contributed by atoms with Crippen molar-refractivity contribution >= 4 is 0 Å². The lowest BCUT2D eigenvalue weighted by molar-refractivity contribution is -0.244. The minimum Gasteiger partial charge on any atom is -0.382 e. The molecule has 2 saturated carbocycles. The van der Waals surface area contributed by atoms with Gasteiger partial charge in [-0.3, -0.25) is 4.98 Å². The van der Waals surface area contributed by atoms with Gasteiger partial charge in [0.25, 0.3) is 0 Å². The Bertz CT molecular complexity index is 396. The second kappa shape index (κ2) is 4.03. The van der Waals surface area contributed by atoms with E-state index in [4.69, 9.17) is 4.74 Å². The second-order valence-electron chi connectivity index (χ2n) is 4.99. The number of halogens is 1. The lowest BCUT2D eigenvalue weighted by Crippen LogP contribution is -2.60. The van der Waals surface area contributed by atoms with Gasteiger partial charge < -0.3 is 9.84 Å². The smallest absolute Gasteiger partial charge is 0.133 e. The summed E-state index contributed by atoms with van der Waals surface area (Å²) in [6.45, 7) is 0. The van der Waals surface area contributed by atoms with Crippen LogP contribution in [0.3, 0.4) is 0 Å². The van der Waals surface area contributed by atoms with Crippen LogP contribution in [0.4, 0.5) is 4.39 Å². The topological polar surface area (TPSA) is 42.4 Å². The zero-order chi connectivity index (χ0) is 11.9. The minimum absolute atomic E-state index is 0.119. The SMILES string of the molecule is OC1(c2ccncc2)CC(F)C1OC1CCC1. The highest BCUT2D eigenvalue weighted by Gasteiger charge is 2.56. The van der Waals surface area contributed by atoms with Crippen LogP contribution in [-0.2, 0) is 10.3 Å². The number of ether oxygens (including phenoxy) is 1. The highest BCUT2D eigenvalue weighted by atomic mass is 19.1. The number of aromatic nitrogens is 1. The van der Waals surface area contributed by atoms with E-state index in [1.54, 1.807) is 24.5 Å². The maximum atomic E-state index is 13.6. The van der Waals surface area contributed by atoms with Crippen molar-refractivity contribution in [1.82, 2.24) is 4.98 Å². The molecule has 4 heteroatoms. The van der Waals surface area contributed by atoms with Crippen LogP contribution in [-0.4, -0.2) is 28.5 Å². The fourth-order valence-corrected chi connectivity index (χ4v) is 2.49. The van der Waals surface area contributed by atoms with Gasteiger partial charge in [0.15, 0.2) is 0 Å². The molecule has 1 aromatic rings. The predicted octanol–water partition coefficient (Wildman–Crippen LogP) is 1.95. The maximum absolute atomic E-state index is 13.6. The maximum Gasteiger partial charge on any atom is 0.133 e. The molecule has 0 bridgehead atoms. The average Bonchev–Trinajstić information content (AvgIpc) is 2.28. The van der Waals surface area contributed by atoms with E-state index in [0.717, 1.165) is 19.3 Å². The molecule has 0 saturated heterocycles. The Hall–Kier alpha value is -1.00. The van der Waals surface area contributed by atoms with Crippen molar-refractivity contribution in [2.24, 2.45) is 0 Å². The van der Waals surface area contributed by atoms with Crippen molar-refractivity contribution < 1.29 is 14.2 Å². The third-order valence-corrected chi connectivity index (χ3v) is 3.88. The van der Waals surface area contributed by atoms with Crippen molar-refractivity contribution in [3.63, 3.8) is 0 Å². The van der Waals surface area contributed by atoms with Crippen LogP contribution in [0.25, 0.3) is 0 Å². The van der Waals surface area contributed by atoms with Gasteiger partial charge in [0.1, 0.15) is 17.9 Å². The van der Waals surface area contributed by atoms with E-state index in [9.17, 15) is 9.50 Å². The predicted molar refractivity (Wildman–Crippen MR) is 60.2 cm³/mol. The van der Waals surface area contributed by atoms with E-state index in [0.29, 0.717) is 5.56 Å². The fraction of sp³-hybridized carbons (Fsp3) is 0.615. The molecule has 92 valence electrons. The Morgan fingerprint density at radius 3 is 2.59 bits per heavy atom. The second-order valence-corrected chi connectivity index (χ2v) is 4.99. The summed E-state index contributed by atoms with van der Waals surface area (Å²) in [6, 6.07) is 3.45.